The van der Waals surface area contributed by atoms with Crippen LogP contribution in [0, 0.1) is 5.41 Å². The largest absolute Gasteiger partial charge is 0.478 e. The number of amidine groups is 1. The summed E-state index contributed by atoms with van der Waals surface area (Å²) in [6.45, 7) is 0. The van der Waals surface area contributed by atoms with Gasteiger partial charge in [0.25, 0.3) is 0 Å². The van der Waals surface area contributed by atoms with Gasteiger partial charge in [0.15, 0.2) is 5.78 Å². The van der Waals surface area contributed by atoms with Gasteiger partial charge in [0.2, 0.25) is 0 Å². The standard InChI is InChI=1S/C18H19N3O3S.H4N2/c19-12(20)7-9-18(10-4-2-1-3-5-10)8-6-11-13(17(23)24)16(21)25-14(11)15(18)22;1-2/h1-5H,6-9,21H2,(H3,19,20)(H,23,24);1-2H2. The van der Waals surface area contributed by atoms with Crippen molar-refractivity contribution in [3.63, 3.8) is 0 Å². The van der Waals surface area contributed by atoms with Gasteiger partial charge in [0, 0.05) is 6.42 Å². The van der Waals surface area contributed by atoms with Gasteiger partial charge < -0.3 is 16.6 Å². The SMILES string of the molecule is N=C(N)CCC1(c2ccccc2)CCc2c(sc(N)c2C(=O)O)C1=O.NN. The molecule has 1 atom stereocenters. The monoisotopic (exact) mass is 389 g/mol. The first-order chi connectivity index (χ1) is 12.9. The van der Waals surface area contributed by atoms with Gasteiger partial charge in [-0.3, -0.25) is 21.9 Å². The fourth-order valence-corrected chi connectivity index (χ4v) is 4.72. The van der Waals surface area contributed by atoms with Crippen LogP contribution >= 0.6 is 11.3 Å². The Morgan fingerprint density at radius 3 is 2.44 bits per heavy atom. The first-order valence-electron chi connectivity index (χ1n) is 8.28. The van der Waals surface area contributed by atoms with E-state index in [9.17, 15) is 14.7 Å². The molecule has 144 valence electrons. The Morgan fingerprint density at radius 1 is 1.26 bits per heavy atom. The van der Waals surface area contributed by atoms with Crippen LogP contribution in [0.15, 0.2) is 30.3 Å². The molecule has 1 aromatic carbocycles. The predicted octanol–water partition coefficient (Wildman–Crippen LogP) is 1.63. The van der Waals surface area contributed by atoms with Crippen molar-refractivity contribution in [1.82, 2.24) is 0 Å². The van der Waals surface area contributed by atoms with Crippen LogP contribution in [-0.2, 0) is 11.8 Å². The molecule has 0 amide bonds. The van der Waals surface area contributed by atoms with Crippen molar-refractivity contribution < 1.29 is 14.7 Å². The molecule has 0 aliphatic heterocycles. The number of anilines is 1. The molecular formula is C18H23N5O3S. The van der Waals surface area contributed by atoms with Crippen LogP contribution in [0.1, 0.15) is 50.4 Å². The Hall–Kier alpha value is -2.75. The molecule has 1 aliphatic rings. The molecule has 0 saturated heterocycles. The summed E-state index contributed by atoms with van der Waals surface area (Å²) in [5, 5.41) is 17.1. The summed E-state index contributed by atoms with van der Waals surface area (Å²) in [6.07, 6.45) is 1.67. The van der Waals surface area contributed by atoms with Crippen molar-refractivity contribution in [3.05, 3.63) is 51.9 Å². The smallest absolute Gasteiger partial charge is 0.338 e. The Morgan fingerprint density at radius 2 is 1.89 bits per heavy atom. The van der Waals surface area contributed by atoms with E-state index in [2.05, 4.69) is 11.7 Å². The fourth-order valence-electron chi connectivity index (χ4n) is 3.57. The number of nitrogens with two attached hydrogens (primary N) is 4. The molecule has 0 bridgehead atoms. The number of carbonyl (C=O) groups excluding carboxylic acids is 1. The summed E-state index contributed by atoms with van der Waals surface area (Å²) in [5.74, 6) is 6.81. The average Bonchev–Trinajstić information content (AvgIpc) is 3.01. The molecule has 0 radical (unpaired) electrons. The van der Waals surface area contributed by atoms with Gasteiger partial charge in [-0.2, -0.15) is 0 Å². The first kappa shape index (κ1) is 20.6. The van der Waals surface area contributed by atoms with E-state index in [0.717, 1.165) is 16.9 Å². The highest BCUT2D eigenvalue weighted by molar-refractivity contribution is 7.18. The summed E-state index contributed by atoms with van der Waals surface area (Å²) in [4.78, 5) is 25.3. The van der Waals surface area contributed by atoms with Gasteiger partial charge in [-0.15, -0.1) is 11.3 Å². The highest BCUT2D eigenvalue weighted by atomic mass is 32.1. The van der Waals surface area contributed by atoms with E-state index in [1.165, 1.54) is 0 Å². The number of carbonyl (C=O) groups is 2. The minimum Gasteiger partial charge on any atom is -0.478 e. The van der Waals surface area contributed by atoms with Gasteiger partial charge in [-0.05, 0) is 30.4 Å². The molecule has 1 heterocycles. The zero-order valence-electron chi connectivity index (χ0n) is 14.7. The number of aromatic carboxylic acids is 1. The van der Waals surface area contributed by atoms with Crippen LogP contribution in [0.25, 0.3) is 0 Å². The second-order valence-corrected chi connectivity index (χ2v) is 7.31. The second kappa shape index (κ2) is 8.30. The summed E-state index contributed by atoms with van der Waals surface area (Å²) in [5.41, 5.74) is 12.1. The molecule has 9 heteroatoms. The van der Waals surface area contributed by atoms with E-state index in [0.29, 0.717) is 36.1 Å². The topological polar surface area (TPSA) is 182 Å². The van der Waals surface area contributed by atoms with Crippen molar-refractivity contribution in [1.29, 1.82) is 5.41 Å². The average molecular weight is 389 g/mol. The van der Waals surface area contributed by atoms with Crippen molar-refractivity contribution in [2.45, 2.75) is 31.1 Å². The number of hydrogen-bond donors (Lipinski definition) is 6. The number of ketones is 1. The van der Waals surface area contributed by atoms with Crippen LogP contribution in [-0.4, -0.2) is 22.7 Å². The number of nitrogens with one attached hydrogen (secondary N) is 1. The van der Waals surface area contributed by atoms with E-state index in [1.54, 1.807) is 0 Å². The van der Waals surface area contributed by atoms with Gasteiger partial charge >= 0.3 is 5.97 Å². The molecule has 0 fully saturated rings. The molecule has 1 aromatic heterocycles. The van der Waals surface area contributed by atoms with E-state index < -0.39 is 11.4 Å². The highest BCUT2D eigenvalue weighted by Gasteiger charge is 2.46. The molecule has 1 unspecified atom stereocenters. The maximum absolute atomic E-state index is 13.4. The zero-order chi connectivity index (χ0) is 20.2. The lowest BCUT2D eigenvalue weighted by Gasteiger charge is -2.36. The number of carboxylic acid groups (broad SMARTS) is 1. The number of carboxylic acids is 1. The van der Waals surface area contributed by atoms with E-state index >= 15 is 0 Å². The minimum atomic E-state index is -1.10. The summed E-state index contributed by atoms with van der Waals surface area (Å²) in [7, 11) is 0. The Labute approximate surface area is 160 Å². The van der Waals surface area contributed by atoms with Crippen LogP contribution < -0.4 is 23.2 Å². The Balaban J connectivity index is 0.00000126. The normalized spacial score (nSPS) is 18.2. The summed E-state index contributed by atoms with van der Waals surface area (Å²) in [6, 6.07) is 9.43. The van der Waals surface area contributed by atoms with E-state index in [-0.39, 0.29) is 22.2 Å². The van der Waals surface area contributed by atoms with Crippen molar-refractivity contribution >= 4 is 33.9 Å². The van der Waals surface area contributed by atoms with Crippen molar-refractivity contribution in [3.8, 4) is 0 Å². The minimum absolute atomic E-state index is 0.0332. The number of benzene rings is 1. The van der Waals surface area contributed by atoms with Gasteiger partial charge in [-0.25, -0.2) is 4.79 Å². The van der Waals surface area contributed by atoms with Crippen LogP contribution in [0.3, 0.4) is 0 Å². The molecule has 3 rings (SSSR count). The maximum atomic E-state index is 13.4. The third-order valence-corrected chi connectivity index (χ3v) is 5.90. The molecule has 27 heavy (non-hydrogen) atoms. The van der Waals surface area contributed by atoms with Crippen molar-refractivity contribution in [2.24, 2.45) is 17.4 Å². The first-order valence-corrected chi connectivity index (χ1v) is 9.09. The number of nitrogen functional groups attached to an aromatic ring is 1. The van der Waals surface area contributed by atoms with Gasteiger partial charge in [0.1, 0.15) is 5.00 Å². The molecule has 8 nitrogen and oxygen atoms in total. The van der Waals surface area contributed by atoms with Gasteiger partial charge in [-0.1, -0.05) is 30.3 Å². The Bertz CT molecular complexity index is 865. The van der Waals surface area contributed by atoms with Crippen molar-refractivity contribution in [2.75, 3.05) is 5.73 Å². The fraction of sp³-hybridized carbons (Fsp3) is 0.278. The van der Waals surface area contributed by atoms with Crippen LogP contribution in [0.4, 0.5) is 5.00 Å². The maximum Gasteiger partial charge on any atom is 0.338 e. The highest BCUT2D eigenvalue weighted by Crippen LogP contribution is 2.46. The third-order valence-electron chi connectivity index (χ3n) is 4.84. The molecule has 0 spiro atoms. The number of rotatable bonds is 5. The Kier molecular flexibility index (Phi) is 6.32. The van der Waals surface area contributed by atoms with Gasteiger partial charge in [0.05, 0.1) is 21.7 Å². The number of hydrazine groups is 1. The number of fused-ring (bicyclic) bond motifs is 1. The molecule has 2 aromatic rings. The second-order valence-electron chi connectivity index (χ2n) is 6.26. The molecule has 1 aliphatic carbocycles. The molecule has 10 N–H and O–H groups in total. The summed E-state index contributed by atoms with van der Waals surface area (Å²) >= 11 is 1.05. The third kappa shape index (κ3) is 3.70. The quantitative estimate of drug-likeness (QED) is 0.194. The lowest BCUT2D eigenvalue weighted by molar-refractivity contribution is 0.0697. The summed E-state index contributed by atoms with van der Waals surface area (Å²) < 4.78 is 0. The van der Waals surface area contributed by atoms with E-state index in [4.69, 9.17) is 16.9 Å². The van der Waals surface area contributed by atoms with E-state index in [1.807, 2.05) is 30.3 Å². The molecule has 0 saturated carbocycles. The number of hydrogen-bond acceptors (Lipinski definition) is 7. The predicted molar refractivity (Wildman–Crippen MR) is 106 cm³/mol. The zero-order valence-corrected chi connectivity index (χ0v) is 15.5. The van der Waals surface area contributed by atoms with Crippen LogP contribution in [0.2, 0.25) is 0 Å². The van der Waals surface area contributed by atoms with Crippen LogP contribution in [0.5, 0.6) is 0 Å². The number of Topliss-reactive ketones (excluding diaryl/α,β-unsaturated/α-hetero) is 1. The lowest BCUT2D eigenvalue weighted by Crippen LogP contribution is -2.40. The lowest BCUT2D eigenvalue weighted by atomic mass is 9.66. The number of thiophene rings is 1. The molecular weight excluding hydrogens is 366 g/mol.